The normalized spacial score (nSPS) is 15.3. The largest absolute Gasteiger partial charge is 0.443 e. The van der Waals surface area contributed by atoms with Crippen LogP contribution in [0.4, 0.5) is 21.0 Å². The standard InChI is InChI=1S/C46H52Br2N2O6S2/c1-9-11-13-15-17-29-25-35(57-39(29)47)27-19-21-31-33(23-27)49(43(53)55-45(3,4)5)41(51)37(31)38-32-22-20-28(36-26-30(40(48)58-36)18-16-14-12-10-2)24-34(32)50(42(38)52)44(54)56-46(6,7)8/h19-26H,9-18H2,1-8H3/b38-37+. The van der Waals surface area contributed by atoms with Crippen LogP contribution in [0.25, 0.3) is 32.0 Å². The van der Waals surface area contributed by atoms with Gasteiger partial charge in [-0.2, -0.15) is 0 Å². The zero-order chi connectivity index (χ0) is 42.1. The van der Waals surface area contributed by atoms with Gasteiger partial charge in [-0.3, -0.25) is 9.59 Å². The van der Waals surface area contributed by atoms with Crippen molar-refractivity contribution >= 4 is 101 Å². The van der Waals surface area contributed by atoms with E-state index in [-0.39, 0.29) is 11.1 Å². The molecule has 0 saturated carbocycles. The first-order valence-corrected chi connectivity index (χ1v) is 23.4. The lowest BCUT2D eigenvalue weighted by Gasteiger charge is -2.24. The number of benzene rings is 2. The molecule has 0 bridgehead atoms. The van der Waals surface area contributed by atoms with Crippen LogP contribution in [0.15, 0.2) is 56.1 Å². The molecule has 0 fully saturated rings. The number of rotatable bonds is 12. The lowest BCUT2D eigenvalue weighted by molar-refractivity contribution is -0.114. The Morgan fingerprint density at radius 1 is 0.586 bits per heavy atom. The van der Waals surface area contributed by atoms with Gasteiger partial charge in [0.2, 0.25) is 0 Å². The monoisotopic (exact) mass is 950 g/mol. The van der Waals surface area contributed by atoms with E-state index in [9.17, 15) is 19.2 Å². The van der Waals surface area contributed by atoms with Crippen LogP contribution in [0.3, 0.4) is 0 Å². The van der Waals surface area contributed by atoms with Gasteiger partial charge >= 0.3 is 12.2 Å². The van der Waals surface area contributed by atoms with E-state index < -0.39 is 35.2 Å². The van der Waals surface area contributed by atoms with E-state index in [2.05, 4.69) is 57.8 Å². The van der Waals surface area contributed by atoms with E-state index in [0.29, 0.717) is 22.5 Å². The second-order valence-electron chi connectivity index (χ2n) is 16.9. The zero-order valence-corrected chi connectivity index (χ0v) is 39.4. The van der Waals surface area contributed by atoms with Crippen molar-refractivity contribution in [3.8, 4) is 20.9 Å². The van der Waals surface area contributed by atoms with Crippen molar-refractivity contribution in [1.82, 2.24) is 0 Å². The van der Waals surface area contributed by atoms with Gasteiger partial charge in [-0.25, -0.2) is 19.4 Å². The topological polar surface area (TPSA) is 93.2 Å². The van der Waals surface area contributed by atoms with Gasteiger partial charge in [-0.15, -0.1) is 22.7 Å². The minimum Gasteiger partial charge on any atom is -0.443 e. The van der Waals surface area contributed by atoms with Crippen LogP contribution in [0.2, 0.25) is 0 Å². The number of aryl methyl sites for hydroxylation is 2. The molecule has 0 N–H and O–H groups in total. The average molecular weight is 953 g/mol. The first kappa shape index (κ1) is 44.0. The van der Waals surface area contributed by atoms with E-state index >= 15 is 0 Å². The number of nitrogens with zero attached hydrogens (tertiary/aromatic N) is 2. The Bertz CT molecular complexity index is 2120. The van der Waals surface area contributed by atoms with Crippen molar-refractivity contribution in [1.29, 1.82) is 0 Å². The van der Waals surface area contributed by atoms with E-state index in [4.69, 9.17) is 9.47 Å². The Labute approximate surface area is 367 Å². The molecule has 0 saturated heterocycles. The maximum absolute atomic E-state index is 14.7. The minimum atomic E-state index is -0.901. The fourth-order valence-electron chi connectivity index (χ4n) is 7.22. The molecule has 58 heavy (non-hydrogen) atoms. The highest BCUT2D eigenvalue weighted by Crippen LogP contribution is 2.50. The minimum absolute atomic E-state index is 0.0228. The molecule has 0 radical (unpaired) electrons. The fraction of sp³-hybridized carbons (Fsp3) is 0.435. The summed E-state index contributed by atoms with van der Waals surface area (Å²) in [5.41, 5.74) is 3.73. The van der Waals surface area contributed by atoms with Crippen LogP contribution >= 0.6 is 54.5 Å². The summed E-state index contributed by atoms with van der Waals surface area (Å²) in [5, 5.41) is 0. The Balaban J connectivity index is 1.48. The van der Waals surface area contributed by atoms with Crippen molar-refractivity contribution in [2.45, 2.75) is 131 Å². The molecule has 4 aromatic rings. The number of halogens is 2. The Morgan fingerprint density at radius 3 is 1.31 bits per heavy atom. The van der Waals surface area contributed by atoms with Crippen LogP contribution in [0, 0.1) is 0 Å². The average Bonchev–Trinajstić information content (AvgIpc) is 3.86. The van der Waals surface area contributed by atoms with Crippen molar-refractivity contribution in [2.24, 2.45) is 0 Å². The van der Waals surface area contributed by atoms with E-state index in [0.717, 1.165) is 76.8 Å². The Hall–Kier alpha value is -3.58. The smallest absolute Gasteiger partial charge is 0.422 e. The number of unbranched alkanes of at least 4 members (excludes halogenated alkanes) is 6. The molecule has 0 aliphatic carbocycles. The number of carbonyl (C=O) groups excluding carboxylic acids is 4. The van der Waals surface area contributed by atoms with Crippen LogP contribution < -0.4 is 9.80 Å². The molecule has 2 aromatic carbocycles. The molecule has 2 aromatic heterocycles. The van der Waals surface area contributed by atoms with Gasteiger partial charge in [0.25, 0.3) is 11.8 Å². The molecule has 12 heteroatoms. The maximum Gasteiger partial charge on any atom is 0.422 e. The summed E-state index contributed by atoms with van der Waals surface area (Å²) in [7, 11) is 0. The molecule has 4 heterocycles. The molecular weight excluding hydrogens is 900 g/mol. The van der Waals surface area contributed by atoms with E-state index in [1.54, 1.807) is 76.3 Å². The molecule has 0 spiro atoms. The summed E-state index contributed by atoms with van der Waals surface area (Å²) in [6.45, 7) is 14.8. The predicted octanol–water partition coefficient (Wildman–Crippen LogP) is 14.4. The highest BCUT2D eigenvalue weighted by atomic mass is 79.9. The highest BCUT2D eigenvalue weighted by Gasteiger charge is 2.47. The highest BCUT2D eigenvalue weighted by molar-refractivity contribution is 9.11. The first-order chi connectivity index (χ1) is 27.4. The van der Waals surface area contributed by atoms with Gasteiger partial charge in [0, 0.05) is 20.9 Å². The van der Waals surface area contributed by atoms with Crippen LogP contribution in [0.1, 0.15) is 129 Å². The van der Waals surface area contributed by atoms with Crippen molar-refractivity contribution in [3.63, 3.8) is 0 Å². The summed E-state index contributed by atoms with van der Waals surface area (Å²) in [5.74, 6) is -1.41. The number of amides is 4. The molecule has 0 atom stereocenters. The Kier molecular flexibility index (Phi) is 13.6. The van der Waals surface area contributed by atoms with Gasteiger partial charge in [0.05, 0.1) is 30.1 Å². The molecule has 4 amide bonds. The van der Waals surface area contributed by atoms with Gasteiger partial charge in [0.1, 0.15) is 11.2 Å². The summed E-state index contributed by atoms with van der Waals surface area (Å²) in [6.07, 6.45) is 9.43. The number of imide groups is 2. The molecule has 2 aliphatic rings. The predicted molar refractivity (Wildman–Crippen MR) is 245 cm³/mol. The second-order valence-corrected chi connectivity index (χ2v) is 21.6. The van der Waals surface area contributed by atoms with E-state index in [1.807, 2.05) is 24.3 Å². The number of ether oxygens (including phenoxy) is 2. The molecule has 6 rings (SSSR count). The molecule has 308 valence electrons. The maximum atomic E-state index is 14.7. The van der Waals surface area contributed by atoms with Crippen LogP contribution in [-0.4, -0.2) is 35.2 Å². The summed E-state index contributed by atoms with van der Waals surface area (Å²) in [4.78, 5) is 61.4. The quantitative estimate of drug-likeness (QED) is 0.104. The first-order valence-electron chi connectivity index (χ1n) is 20.2. The lowest BCUT2D eigenvalue weighted by atomic mass is 9.94. The summed E-state index contributed by atoms with van der Waals surface area (Å²) < 4.78 is 13.7. The van der Waals surface area contributed by atoms with Gasteiger partial charge < -0.3 is 9.47 Å². The lowest BCUT2D eigenvalue weighted by Crippen LogP contribution is -2.40. The number of fused-ring (bicyclic) bond motifs is 2. The van der Waals surface area contributed by atoms with Gasteiger partial charge in [-0.1, -0.05) is 76.6 Å². The SMILES string of the molecule is CCCCCCc1cc(-c2ccc3c(c2)N(C(=O)OC(C)(C)C)C(=O)/C3=C2/C(=O)N(C(=O)OC(C)(C)C)c3cc(-c4cc(CCCCCC)c(Br)s4)ccc32)sc1Br. The number of hydrogen-bond donors (Lipinski definition) is 0. The molecule has 2 aliphatic heterocycles. The van der Waals surface area contributed by atoms with Crippen molar-refractivity contribution in [3.05, 3.63) is 78.4 Å². The summed E-state index contributed by atoms with van der Waals surface area (Å²) >= 11 is 10.7. The van der Waals surface area contributed by atoms with Gasteiger partial charge in [0.15, 0.2) is 0 Å². The Morgan fingerprint density at radius 2 is 0.966 bits per heavy atom. The van der Waals surface area contributed by atoms with Gasteiger partial charge in [-0.05, 0) is 146 Å². The fourth-order valence-corrected chi connectivity index (χ4v) is 10.8. The second kappa shape index (κ2) is 18.0. The van der Waals surface area contributed by atoms with E-state index in [1.165, 1.54) is 36.8 Å². The number of carbonyl (C=O) groups is 4. The van der Waals surface area contributed by atoms with Crippen LogP contribution in [-0.2, 0) is 31.9 Å². The number of anilines is 2. The van der Waals surface area contributed by atoms with Crippen LogP contribution in [0.5, 0.6) is 0 Å². The van der Waals surface area contributed by atoms with Crippen molar-refractivity contribution in [2.75, 3.05) is 9.80 Å². The third-order valence-electron chi connectivity index (χ3n) is 9.94. The number of hydrogen-bond acceptors (Lipinski definition) is 8. The number of thiophene rings is 2. The van der Waals surface area contributed by atoms with Crippen molar-refractivity contribution < 1.29 is 28.7 Å². The molecule has 0 unspecified atom stereocenters. The third kappa shape index (κ3) is 9.56. The molecule has 8 nitrogen and oxygen atoms in total. The third-order valence-corrected chi connectivity index (χ3v) is 14.0. The molecular formula is C46H52Br2N2O6S2. The summed E-state index contributed by atoms with van der Waals surface area (Å²) in [6, 6.07) is 15.3. The zero-order valence-electron chi connectivity index (χ0n) is 34.6.